The van der Waals surface area contributed by atoms with E-state index in [-0.39, 0.29) is 5.69 Å². The predicted octanol–water partition coefficient (Wildman–Crippen LogP) is 4.61. The summed E-state index contributed by atoms with van der Waals surface area (Å²) in [7, 11) is 0. The minimum Gasteiger partial charge on any atom is -0.479 e. The molecule has 0 bridgehead atoms. The number of nitro benzene ring substituents is 1. The van der Waals surface area contributed by atoms with Crippen molar-refractivity contribution in [3.63, 3.8) is 0 Å². The van der Waals surface area contributed by atoms with Crippen molar-refractivity contribution in [1.29, 1.82) is 0 Å². The summed E-state index contributed by atoms with van der Waals surface area (Å²) in [6, 6.07) is 17.6. The fourth-order valence-electron chi connectivity index (χ4n) is 4.85. The van der Waals surface area contributed by atoms with Gasteiger partial charge in [-0.05, 0) is 74.8 Å². The van der Waals surface area contributed by atoms with Gasteiger partial charge in [0.2, 0.25) is 0 Å². The van der Waals surface area contributed by atoms with E-state index in [4.69, 9.17) is 29.5 Å². The van der Waals surface area contributed by atoms with E-state index < -0.39 is 41.1 Å². The van der Waals surface area contributed by atoms with Crippen LogP contribution in [0, 0.1) is 17.0 Å². The summed E-state index contributed by atoms with van der Waals surface area (Å²) in [4.78, 5) is 42.1. The van der Waals surface area contributed by atoms with Gasteiger partial charge in [-0.2, -0.15) is 0 Å². The lowest BCUT2D eigenvalue weighted by Gasteiger charge is -2.23. The Hall–Kier alpha value is -5.13. The average Bonchev–Trinajstić information content (AvgIpc) is 3.00. The van der Waals surface area contributed by atoms with E-state index in [1.165, 1.54) is 23.8 Å². The van der Waals surface area contributed by atoms with Gasteiger partial charge in [-0.25, -0.2) is 14.4 Å². The quantitative estimate of drug-likeness (QED) is 0.284. The Labute approximate surface area is 246 Å². The molecule has 6 rings (SSSR count). The van der Waals surface area contributed by atoms with Crippen molar-refractivity contribution in [3.05, 3.63) is 93.0 Å². The molecule has 3 aromatic rings. The second kappa shape index (κ2) is 13.7. The first-order valence-electron chi connectivity index (χ1n) is 13.6. The van der Waals surface area contributed by atoms with E-state index in [9.17, 15) is 24.5 Å². The number of carbonyl (C=O) groups is 3. The minimum atomic E-state index is -1.01. The molecule has 3 unspecified atom stereocenters. The summed E-state index contributed by atoms with van der Waals surface area (Å²) < 4.78 is 15.8. The molecule has 3 atom stereocenters. The van der Waals surface area contributed by atoms with E-state index in [1.807, 2.05) is 49.4 Å². The highest BCUT2D eigenvalue weighted by atomic mass is 16.6. The number of nitrogens with zero attached hydrogens (tertiary/aromatic N) is 1. The lowest BCUT2D eigenvalue weighted by atomic mass is 10.0. The van der Waals surface area contributed by atoms with Crippen LogP contribution < -0.4 is 14.2 Å². The largest absolute Gasteiger partial charge is 0.479 e. The normalized spacial score (nSPS) is 19.3. The van der Waals surface area contributed by atoms with Gasteiger partial charge < -0.3 is 29.5 Å². The summed E-state index contributed by atoms with van der Waals surface area (Å²) in [6.07, 6.45) is 1.31. The topological polar surface area (TPSA) is 183 Å². The Bertz CT molecular complexity index is 1520. The number of rotatable bonds is 4. The minimum absolute atomic E-state index is 0.00359. The van der Waals surface area contributed by atoms with Gasteiger partial charge in [0.1, 0.15) is 17.2 Å². The summed E-state index contributed by atoms with van der Waals surface area (Å²) in [5.41, 5.74) is 4.08. The van der Waals surface area contributed by atoms with E-state index in [2.05, 4.69) is 0 Å². The number of carboxylic acids is 3. The van der Waals surface area contributed by atoms with Gasteiger partial charge >= 0.3 is 17.9 Å². The molecule has 3 N–H and O–H groups in total. The zero-order valence-electron chi connectivity index (χ0n) is 23.3. The third kappa shape index (κ3) is 8.00. The van der Waals surface area contributed by atoms with Gasteiger partial charge in [-0.15, -0.1) is 0 Å². The highest BCUT2D eigenvalue weighted by Gasteiger charge is 2.27. The van der Waals surface area contributed by atoms with Crippen molar-refractivity contribution in [2.24, 2.45) is 0 Å². The van der Waals surface area contributed by atoms with Crippen LogP contribution in [-0.4, -0.2) is 56.5 Å². The number of fused-ring (bicyclic) bond motifs is 3. The number of carboxylic acid groups (broad SMARTS) is 3. The Morgan fingerprint density at radius 2 is 1.12 bits per heavy atom. The van der Waals surface area contributed by atoms with Crippen molar-refractivity contribution in [2.75, 3.05) is 0 Å². The molecule has 3 aliphatic rings. The second-order valence-electron chi connectivity index (χ2n) is 10.2. The summed E-state index contributed by atoms with van der Waals surface area (Å²) in [5, 5.41) is 36.8. The maximum Gasteiger partial charge on any atom is 0.344 e. The van der Waals surface area contributed by atoms with Crippen LogP contribution in [-0.2, 0) is 33.6 Å². The van der Waals surface area contributed by atoms with Crippen LogP contribution in [0.2, 0.25) is 0 Å². The third-order valence-electron chi connectivity index (χ3n) is 7.11. The summed E-state index contributed by atoms with van der Waals surface area (Å²) >= 11 is 0. The second-order valence-corrected chi connectivity index (χ2v) is 10.2. The molecule has 12 heteroatoms. The predicted molar refractivity (Wildman–Crippen MR) is 152 cm³/mol. The number of non-ortho nitro benzene ring substituents is 1. The van der Waals surface area contributed by atoms with Crippen LogP contribution in [0.3, 0.4) is 0 Å². The maximum atomic E-state index is 10.7. The van der Waals surface area contributed by atoms with Crippen molar-refractivity contribution >= 4 is 23.6 Å². The zero-order chi connectivity index (χ0) is 31.1. The fraction of sp³-hybridized carbons (Fsp3) is 0.323. The monoisotopic (exact) mass is 593 g/mol. The first kappa shape index (κ1) is 30.8. The zero-order valence-corrected chi connectivity index (χ0v) is 23.3. The molecule has 226 valence electrons. The highest BCUT2D eigenvalue weighted by Crippen LogP contribution is 2.31. The molecular weight excluding hydrogens is 562 g/mol. The van der Waals surface area contributed by atoms with Gasteiger partial charge in [-0.1, -0.05) is 35.9 Å². The van der Waals surface area contributed by atoms with E-state index in [1.54, 1.807) is 0 Å². The number of aliphatic carboxylic acids is 3. The standard InChI is InChI=1S/C11H12O3.C10H9NO5.C10H10O3/c1-7-2-4-9-8(6-7)3-5-10(14-9)11(12)13;12-10(13)9-3-1-6-5-7(11(14)15)2-4-8(6)16-9;11-10(12)9-6-5-7-3-1-2-4-8(7)13-9/h2,4,6,10H,3,5H2,1H3,(H,12,13);2,4-5,9H,1,3H2,(H,12,13);1-4,9H,5-6H2,(H,11,12). The number of ether oxygens (including phenoxy) is 3. The van der Waals surface area contributed by atoms with Gasteiger partial charge in [0.15, 0.2) is 18.3 Å². The lowest BCUT2D eigenvalue weighted by molar-refractivity contribution is -0.385. The van der Waals surface area contributed by atoms with Crippen molar-refractivity contribution in [1.82, 2.24) is 0 Å². The Kier molecular flexibility index (Phi) is 9.81. The van der Waals surface area contributed by atoms with Crippen LogP contribution in [0.4, 0.5) is 5.69 Å². The molecule has 0 radical (unpaired) electrons. The number of aryl methyl sites for hydroxylation is 4. The SMILES string of the molecule is Cc1ccc2c(c1)CCC(C(=O)O)O2.O=C(O)C1CCc2cc([N+](=O)[O-])ccc2O1.O=C(O)C1CCc2ccccc2O1. The molecule has 0 saturated carbocycles. The smallest absolute Gasteiger partial charge is 0.344 e. The average molecular weight is 594 g/mol. The van der Waals surface area contributed by atoms with E-state index in [0.717, 1.165) is 24.0 Å². The number of benzene rings is 3. The van der Waals surface area contributed by atoms with Crippen LogP contribution >= 0.6 is 0 Å². The van der Waals surface area contributed by atoms with Crippen molar-refractivity contribution < 1.29 is 48.8 Å². The third-order valence-corrected chi connectivity index (χ3v) is 7.11. The fourth-order valence-corrected chi connectivity index (χ4v) is 4.85. The van der Waals surface area contributed by atoms with Crippen LogP contribution in [0.15, 0.2) is 60.7 Å². The van der Waals surface area contributed by atoms with Crippen LogP contribution in [0.1, 0.15) is 41.5 Å². The lowest BCUT2D eigenvalue weighted by Crippen LogP contribution is -2.30. The van der Waals surface area contributed by atoms with Gasteiger partial charge in [0.05, 0.1) is 4.92 Å². The first-order chi connectivity index (χ1) is 20.5. The first-order valence-corrected chi connectivity index (χ1v) is 13.6. The molecule has 12 nitrogen and oxygen atoms in total. The molecule has 0 spiro atoms. The Morgan fingerprint density at radius 3 is 1.63 bits per heavy atom. The Morgan fingerprint density at radius 1 is 0.674 bits per heavy atom. The van der Waals surface area contributed by atoms with Gasteiger partial charge in [-0.3, -0.25) is 10.1 Å². The number of hydrogen-bond donors (Lipinski definition) is 3. The van der Waals surface area contributed by atoms with Crippen molar-refractivity contribution in [2.45, 2.75) is 63.8 Å². The molecule has 0 aliphatic carbocycles. The molecular formula is C31H31NO11. The van der Waals surface area contributed by atoms with Gasteiger partial charge in [0.25, 0.3) is 5.69 Å². The Balaban J connectivity index is 0.000000148. The molecule has 0 fully saturated rings. The molecule has 0 aromatic heterocycles. The molecule has 0 saturated heterocycles. The molecule has 0 amide bonds. The van der Waals surface area contributed by atoms with Crippen LogP contribution in [0.5, 0.6) is 17.2 Å². The highest BCUT2D eigenvalue weighted by molar-refractivity contribution is 5.74. The molecule has 43 heavy (non-hydrogen) atoms. The maximum absolute atomic E-state index is 10.7. The van der Waals surface area contributed by atoms with E-state index >= 15 is 0 Å². The van der Waals surface area contributed by atoms with Crippen LogP contribution in [0.25, 0.3) is 0 Å². The van der Waals surface area contributed by atoms with Crippen molar-refractivity contribution in [3.8, 4) is 17.2 Å². The molecule has 3 aliphatic heterocycles. The number of nitro groups is 1. The number of para-hydroxylation sites is 1. The number of hydrogen-bond acceptors (Lipinski definition) is 8. The summed E-state index contributed by atoms with van der Waals surface area (Å²) in [5.74, 6) is -0.922. The molecule has 3 heterocycles. The van der Waals surface area contributed by atoms with Gasteiger partial charge in [0, 0.05) is 17.7 Å². The molecule has 3 aromatic carbocycles. The summed E-state index contributed by atoms with van der Waals surface area (Å²) in [6.45, 7) is 2.02. The van der Waals surface area contributed by atoms with E-state index in [0.29, 0.717) is 48.5 Å².